The molecular weight excluding hydrogens is 306 g/mol. The number of aliphatic hydroxyl groups is 1. The van der Waals surface area contributed by atoms with Gasteiger partial charge in [-0.1, -0.05) is 36.4 Å². The third kappa shape index (κ3) is 4.73. The Kier molecular flexibility index (Phi) is 6.21. The summed E-state index contributed by atoms with van der Waals surface area (Å²) in [5.41, 5.74) is 0.715. The summed E-state index contributed by atoms with van der Waals surface area (Å²) in [6.45, 7) is 3.68. The summed E-state index contributed by atoms with van der Waals surface area (Å²) in [6.07, 6.45) is -2.15. The van der Waals surface area contributed by atoms with E-state index in [9.17, 15) is 9.90 Å². The molecule has 0 aromatic heterocycles. The minimum Gasteiger partial charge on any atom is -0.497 e. The fourth-order valence-corrected chi connectivity index (χ4v) is 2.29. The Hall–Kier alpha value is -2.53. The highest BCUT2D eigenvalue weighted by atomic mass is 16.5. The zero-order valence-electron chi connectivity index (χ0n) is 14.1. The predicted octanol–water partition coefficient (Wildman–Crippen LogP) is 2.70. The predicted molar refractivity (Wildman–Crippen MR) is 92.1 cm³/mol. The molecule has 0 radical (unpaired) electrons. The van der Waals surface area contributed by atoms with Gasteiger partial charge in [-0.3, -0.25) is 4.79 Å². The maximum Gasteiger partial charge on any atom is 0.253 e. The highest BCUT2D eigenvalue weighted by Gasteiger charge is 2.30. The van der Waals surface area contributed by atoms with Crippen LogP contribution in [0.3, 0.4) is 0 Å². The molecule has 1 amide bonds. The number of ether oxygens (including phenoxy) is 2. The van der Waals surface area contributed by atoms with Crippen molar-refractivity contribution < 1.29 is 19.4 Å². The van der Waals surface area contributed by atoms with Gasteiger partial charge in [-0.2, -0.15) is 0 Å². The first kappa shape index (κ1) is 17.8. The maximum atomic E-state index is 12.2. The topological polar surface area (TPSA) is 67.8 Å². The molecule has 0 bridgehead atoms. The van der Waals surface area contributed by atoms with E-state index in [2.05, 4.69) is 5.32 Å². The largest absolute Gasteiger partial charge is 0.497 e. The van der Waals surface area contributed by atoms with Crippen LogP contribution < -0.4 is 14.8 Å². The quantitative estimate of drug-likeness (QED) is 0.819. The Morgan fingerprint density at radius 3 is 2.33 bits per heavy atom. The van der Waals surface area contributed by atoms with Gasteiger partial charge in [0.2, 0.25) is 0 Å². The molecule has 5 heteroatoms. The summed E-state index contributed by atoms with van der Waals surface area (Å²) in [5, 5.41) is 13.2. The Morgan fingerprint density at radius 1 is 1.04 bits per heavy atom. The molecule has 0 aliphatic heterocycles. The molecule has 0 saturated carbocycles. The first-order chi connectivity index (χ1) is 11.5. The molecule has 24 heavy (non-hydrogen) atoms. The van der Waals surface area contributed by atoms with Crippen molar-refractivity contribution in [1.82, 2.24) is 5.32 Å². The molecule has 2 rings (SSSR count). The van der Waals surface area contributed by atoms with Crippen LogP contribution in [-0.4, -0.2) is 30.3 Å². The second-order valence-electron chi connectivity index (χ2n) is 5.74. The molecule has 5 nitrogen and oxygen atoms in total. The number of hydrogen-bond donors (Lipinski definition) is 2. The van der Waals surface area contributed by atoms with E-state index in [-0.39, 0.29) is 6.04 Å². The van der Waals surface area contributed by atoms with Gasteiger partial charge in [0.15, 0.2) is 12.2 Å². The van der Waals surface area contributed by atoms with E-state index in [0.717, 1.165) is 0 Å². The van der Waals surface area contributed by atoms with E-state index < -0.39 is 18.1 Å². The lowest BCUT2D eigenvalue weighted by molar-refractivity contribution is -0.134. The SMILES string of the molecule is COc1cccc(OC(c2ccccc2)C(O)C(=O)NC(C)C)c1. The number of carbonyl (C=O) groups excluding carboxylic acids is 1. The van der Waals surface area contributed by atoms with Crippen molar-refractivity contribution in [3.63, 3.8) is 0 Å². The van der Waals surface area contributed by atoms with Crippen molar-refractivity contribution in [2.75, 3.05) is 7.11 Å². The van der Waals surface area contributed by atoms with Gasteiger partial charge in [-0.15, -0.1) is 0 Å². The third-order valence-corrected chi connectivity index (χ3v) is 3.42. The summed E-state index contributed by atoms with van der Waals surface area (Å²) in [4.78, 5) is 12.2. The molecule has 0 heterocycles. The van der Waals surface area contributed by atoms with Crippen LogP contribution in [0.2, 0.25) is 0 Å². The summed E-state index contributed by atoms with van der Waals surface area (Å²) in [5.74, 6) is 0.682. The number of carbonyl (C=O) groups is 1. The van der Waals surface area contributed by atoms with Crippen LogP contribution >= 0.6 is 0 Å². The number of amides is 1. The highest BCUT2D eigenvalue weighted by Crippen LogP contribution is 2.27. The van der Waals surface area contributed by atoms with E-state index >= 15 is 0 Å². The number of benzene rings is 2. The normalized spacial score (nSPS) is 13.2. The molecule has 0 aliphatic carbocycles. The van der Waals surface area contributed by atoms with E-state index in [0.29, 0.717) is 17.1 Å². The summed E-state index contributed by atoms with van der Waals surface area (Å²) in [6, 6.07) is 16.2. The molecule has 2 N–H and O–H groups in total. The second-order valence-corrected chi connectivity index (χ2v) is 5.74. The van der Waals surface area contributed by atoms with Gasteiger partial charge < -0.3 is 19.9 Å². The van der Waals surface area contributed by atoms with Crippen molar-refractivity contribution >= 4 is 5.91 Å². The van der Waals surface area contributed by atoms with E-state index in [1.807, 2.05) is 44.2 Å². The Morgan fingerprint density at radius 2 is 1.71 bits per heavy atom. The van der Waals surface area contributed by atoms with Crippen LogP contribution in [0.5, 0.6) is 11.5 Å². The van der Waals surface area contributed by atoms with Gasteiger partial charge in [0.25, 0.3) is 5.91 Å². The highest BCUT2D eigenvalue weighted by molar-refractivity contribution is 5.81. The van der Waals surface area contributed by atoms with E-state index in [1.165, 1.54) is 0 Å². The summed E-state index contributed by atoms with van der Waals surface area (Å²) < 4.78 is 11.1. The Labute approximate surface area is 142 Å². The number of methoxy groups -OCH3 is 1. The van der Waals surface area contributed by atoms with Gasteiger partial charge in [-0.25, -0.2) is 0 Å². The van der Waals surface area contributed by atoms with Crippen LogP contribution in [0.1, 0.15) is 25.5 Å². The second kappa shape index (κ2) is 8.36. The van der Waals surface area contributed by atoms with Crippen LogP contribution in [0, 0.1) is 0 Å². The Balaban J connectivity index is 2.27. The fraction of sp³-hybridized carbons (Fsp3) is 0.316. The van der Waals surface area contributed by atoms with Crippen LogP contribution in [0.15, 0.2) is 54.6 Å². The van der Waals surface area contributed by atoms with Crippen molar-refractivity contribution in [3.8, 4) is 11.5 Å². The van der Waals surface area contributed by atoms with Gasteiger partial charge in [-0.05, 0) is 31.5 Å². The fourth-order valence-electron chi connectivity index (χ4n) is 2.29. The van der Waals surface area contributed by atoms with Crippen molar-refractivity contribution in [2.24, 2.45) is 0 Å². The lowest BCUT2D eigenvalue weighted by atomic mass is 10.0. The molecule has 0 aliphatic rings. The number of aliphatic hydroxyl groups excluding tert-OH is 1. The van der Waals surface area contributed by atoms with E-state index in [4.69, 9.17) is 9.47 Å². The van der Waals surface area contributed by atoms with Crippen LogP contribution in [-0.2, 0) is 4.79 Å². The molecule has 2 unspecified atom stereocenters. The zero-order valence-corrected chi connectivity index (χ0v) is 14.1. The minimum atomic E-state index is -1.33. The minimum absolute atomic E-state index is 0.0691. The monoisotopic (exact) mass is 329 g/mol. The van der Waals surface area contributed by atoms with Crippen LogP contribution in [0.25, 0.3) is 0 Å². The Bertz CT molecular complexity index is 657. The smallest absolute Gasteiger partial charge is 0.253 e. The lowest BCUT2D eigenvalue weighted by Gasteiger charge is -2.25. The van der Waals surface area contributed by atoms with Crippen molar-refractivity contribution in [1.29, 1.82) is 0 Å². The number of rotatable bonds is 7. The average Bonchev–Trinajstić information content (AvgIpc) is 2.59. The molecule has 2 aromatic carbocycles. The molecule has 0 spiro atoms. The molecule has 0 fully saturated rings. The maximum absolute atomic E-state index is 12.2. The van der Waals surface area contributed by atoms with Crippen LogP contribution in [0.4, 0.5) is 0 Å². The van der Waals surface area contributed by atoms with E-state index in [1.54, 1.807) is 31.4 Å². The molecule has 0 saturated heterocycles. The van der Waals surface area contributed by atoms with Gasteiger partial charge in [0, 0.05) is 12.1 Å². The zero-order chi connectivity index (χ0) is 17.5. The molecule has 2 atom stereocenters. The molecule has 2 aromatic rings. The van der Waals surface area contributed by atoms with Gasteiger partial charge in [0.05, 0.1) is 7.11 Å². The molecule has 128 valence electrons. The standard InChI is InChI=1S/C19H23NO4/c1-13(2)20-19(22)17(21)18(14-8-5-4-6-9-14)24-16-11-7-10-15(12-16)23-3/h4-13,17-18,21H,1-3H3,(H,20,22). The first-order valence-corrected chi connectivity index (χ1v) is 7.85. The van der Waals surface area contributed by atoms with Gasteiger partial charge >= 0.3 is 0 Å². The first-order valence-electron chi connectivity index (χ1n) is 7.85. The van der Waals surface area contributed by atoms with Gasteiger partial charge in [0.1, 0.15) is 11.5 Å². The average molecular weight is 329 g/mol. The number of nitrogens with one attached hydrogen (secondary N) is 1. The third-order valence-electron chi connectivity index (χ3n) is 3.42. The number of hydrogen-bond acceptors (Lipinski definition) is 4. The summed E-state index contributed by atoms with van der Waals surface area (Å²) in [7, 11) is 1.57. The lowest BCUT2D eigenvalue weighted by Crippen LogP contribution is -2.43. The van der Waals surface area contributed by atoms with Crippen molar-refractivity contribution in [2.45, 2.75) is 32.1 Å². The van der Waals surface area contributed by atoms with Crippen molar-refractivity contribution in [3.05, 3.63) is 60.2 Å². The molecular formula is C19H23NO4. The summed E-state index contributed by atoms with van der Waals surface area (Å²) >= 11 is 0.